The van der Waals surface area contributed by atoms with E-state index in [9.17, 15) is 15.0 Å². The van der Waals surface area contributed by atoms with Gasteiger partial charge < -0.3 is 14.9 Å². The molecule has 0 saturated carbocycles. The van der Waals surface area contributed by atoms with Crippen molar-refractivity contribution in [2.24, 2.45) is 5.92 Å². The average Bonchev–Trinajstić information content (AvgIpc) is 2.53. The Morgan fingerprint density at radius 2 is 1.64 bits per heavy atom. The Bertz CT molecular complexity index is 512. The number of hydrogen-bond acceptors (Lipinski definition) is 4. The standard InChI is InChI=1S/C20H31ClO4/c1-4-5-9-17(21)10-7-6-8-14(2)20(25-15(3)22)16-11-18(23)13-19(24)12-16/h11-14,17,20,23-24H,4-10H2,1-3H3/t14-,17?,20+/m0/s1. The van der Waals surface area contributed by atoms with E-state index in [1.807, 2.05) is 6.92 Å². The molecule has 0 spiro atoms. The van der Waals surface area contributed by atoms with Gasteiger partial charge in [0.2, 0.25) is 0 Å². The first-order valence-corrected chi connectivity index (χ1v) is 9.61. The molecule has 0 aliphatic heterocycles. The number of benzene rings is 1. The highest BCUT2D eigenvalue weighted by molar-refractivity contribution is 6.20. The molecule has 0 amide bonds. The molecular formula is C20H31ClO4. The molecule has 4 nitrogen and oxygen atoms in total. The van der Waals surface area contributed by atoms with E-state index >= 15 is 0 Å². The Morgan fingerprint density at radius 1 is 1.08 bits per heavy atom. The molecular weight excluding hydrogens is 340 g/mol. The van der Waals surface area contributed by atoms with Crippen molar-refractivity contribution in [3.8, 4) is 11.5 Å². The number of hydrogen-bond donors (Lipinski definition) is 2. The van der Waals surface area contributed by atoms with Crippen LogP contribution in [0.2, 0.25) is 0 Å². The Kier molecular flexibility index (Phi) is 9.73. The molecule has 0 aliphatic carbocycles. The van der Waals surface area contributed by atoms with Crippen LogP contribution >= 0.6 is 11.6 Å². The number of alkyl halides is 1. The van der Waals surface area contributed by atoms with Crippen molar-refractivity contribution in [3.05, 3.63) is 23.8 Å². The molecule has 3 atom stereocenters. The van der Waals surface area contributed by atoms with Crippen LogP contribution in [-0.4, -0.2) is 21.6 Å². The zero-order valence-corrected chi connectivity index (χ0v) is 16.3. The number of carbonyl (C=O) groups excluding carboxylic acids is 1. The molecule has 1 aromatic rings. The summed E-state index contributed by atoms with van der Waals surface area (Å²) in [5, 5.41) is 19.6. The summed E-state index contributed by atoms with van der Waals surface area (Å²) < 4.78 is 5.45. The minimum Gasteiger partial charge on any atom is -0.508 e. The van der Waals surface area contributed by atoms with Crippen molar-refractivity contribution >= 4 is 17.6 Å². The van der Waals surface area contributed by atoms with Gasteiger partial charge in [0.15, 0.2) is 0 Å². The van der Waals surface area contributed by atoms with Gasteiger partial charge in [0.25, 0.3) is 0 Å². The highest BCUT2D eigenvalue weighted by Crippen LogP contribution is 2.34. The lowest BCUT2D eigenvalue weighted by atomic mass is 9.91. The number of unbranched alkanes of at least 4 members (excludes halogenated alkanes) is 2. The summed E-state index contributed by atoms with van der Waals surface area (Å²) >= 11 is 6.31. The van der Waals surface area contributed by atoms with E-state index in [4.69, 9.17) is 16.3 Å². The topological polar surface area (TPSA) is 66.8 Å². The zero-order chi connectivity index (χ0) is 18.8. The summed E-state index contributed by atoms with van der Waals surface area (Å²) in [4.78, 5) is 11.5. The monoisotopic (exact) mass is 370 g/mol. The maximum Gasteiger partial charge on any atom is 0.303 e. The van der Waals surface area contributed by atoms with Crippen LogP contribution in [0.15, 0.2) is 18.2 Å². The number of esters is 1. The Balaban J connectivity index is 2.59. The maximum atomic E-state index is 11.5. The molecule has 0 radical (unpaired) electrons. The summed E-state index contributed by atoms with van der Waals surface area (Å²) in [5.41, 5.74) is 0.610. The molecule has 25 heavy (non-hydrogen) atoms. The molecule has 1 unspecified atom stereocenters. The van der Waals surface area contributed by atoms with Gasteiger partial charge in [-0.2, -0.15) is 0 Å². The van der Waals surface area contributed by atoms with E-state index in [0.717, 1.165) is 32.1 Å². The number of ether oxygens (including phenoxy) is 1. The van der Waals surface area contributed by atoms with Crippen molar-refractivity contribution in [3.63, 3.8) is 0 Å². The molecule has 1 rings (SSSR count). The van der Waals surface area contributed by atoms with Crippen LogP contribution in [-0.2, 0) is 9.53 Å². The second kappa shape index (κ2) is 11.2. The van der Waals surface area contributed by atoms with Crippen molar-refractivity contribution in [1.29, 1.82) is 0 Å². The van der Waals surface area contributed by atoms with Crippen LogP contribution in [0.4, 0.5) is 0 Å². The van der Waals surface area contributed by atoms with Gasteiger partial charge in [-0.15, -0.1) is 11.6 Å². The SMILES string of the molecule is CCCCC(Cl)CCCC[C@H](C)[C@@H](OC(C)=O)c1cc(O)cc(O)c1. The molecule has 1 aromatic carbocycles. The summed E-state index contributed by atoms with van der Waals surface area (Å²) in [7, 11) is 0. The number of rotatable bonds is 11. The summed E-state index contributed by atoms with van der Waals surface area (Å²) in [6.45, 7) is 5.55. The first-order chi connectivity index (χ1) is 11.8. The van der Waals surface area contributed by atoms with Crippen LogP contribution in [0, 0.1) is 5.92 Å². The number of phenolic OH excluding ortho intramolecular Hbond substituents is 2. The minimum atomic E-state index is -0.484. The van der Waals surface area contributed by atoms with E-state index in [-0.39, 0.29) is 28.8 Å². The number of carbonyl (C=O) groups is 1. The third-order valence-electron chi connectivity index (χ3n) is 4.36. The van der Waals surface area contributed by atoms with Crippen LogP contribution < -0.4 is 0 Å². The summed E-state index contributed by atoms with van der Waals surface area (Å²) in [5.74, 6) is -0.380. The van der Waals surface area contributed by atoms with Gasteiger partial charge in [-0.05, 0) is 37.3 Å². The predicted molar refractivity (Wildman–Crippen MR) is 101 cm³/mol. The Hall–Kier alpha value is -1.42. The first kappa shape index (κ1) is 21.6. The largest absolute Gasteiger partial charge is 0.508 e. The molecule has 0 bridgehead atoms. The fourth-order valence-electron chi connectivity index (χ4n) is 3.03. The minimum absolute atomic E-state index is 0.0414. The molecule has 0 aromatic heterocycles. The third-order valence-corrected chi connectivity index (χ3v) is 4.80. The van der Waals surface area contributed by atoms with Crippen molar-refractivity contribution in [2.45, 2.75) is 77.2 Å². The zero-order valence-electron chi connectivity index (χ0n) is 15.5. The normalized spacial score (nSPS) is 14.7. The molecule has 5 heteroatoms. The number of aromatic hydroxyl groups is 2. The molecule has 142 valence electrons. The second-order valence-corrected chi connectivity index (χ2v) is 7.43. The predicted octanol–water partition coefficient (Wildman–Crippen LogP) is 5.70. The van der Waals surface area contributed by atoms with Gasteiger partial charge in [-0.1, -0.05) is 39.5 Å². The van der Waals surface area contributed by atoms with E-state index in [0.29, 0.717) is 5.56 Å². The van der Waals surface area contributed by atoms with Crippen molar-refractivity contribution in [2.75, 3.05) is 0 Å². The lowest BCUT2D eigenvalue weighted by molar-refractivity contribution is -0.149. The van der Waals surface area contributed by atoms with E-state index in [2.05, 4.69) is 6.92 Å². The number of halogens is 1. The maximum absolute atomic E-state index is 11.5. The van der Waals surface area contributed by atoms with Crippen molar-refractivity contribution < 1.29 is 19.7 Å². The lowest BCUT2D eigenvalue weighted by Gasteiger charge is -2.24. The van der Waals surface area contributed by atoms with Gasteiger partial charge in [-0.3, -0.25) is 4.79 Å². The number of phenols is 2. The molecule has 0 aliphatic rings. The third kappa shape index (κ3) is 8.48. The van der Waals surface area contributed by atoms with Gasteiger partial charge >= 0.3 is 5.97 Å². The Labute approximate surface area is 156 Å². The van der Waals surface area contributed by atoms with Crippen LogP contribution in [0.3, 0.4) is 0 Å². The average molecular weight is 371 g/mol. The summed E-state index contributed by atoms with van der Waals surface area (Å²) in [6.07, 6.45) is 6.83. The molecule has 0 heterocycles. The first-order valence-electron chi connectivity index (χ1n) is 9.17. The van der Waals surface area contributed by atoms with Gasteiger partial charge in [-0.25, -0.2) is 0 Å². The fraction of sp³-hybridized carbons (Fsp3) is 0.650. The van der Waals surface area contributed by atoms with E-state index in [1.165, 1.54) is 38.0 Å². The van der Waals surface area contributed by atoms with E-state index in [1.54, 1.807) is 0 Å². The molecule has 0 fully saturated rings. The van der Waals surface area contributed by atoms with Crippen LogP contribution in [0.1, 0.15) is 77.4 Å². The lowest BCUT2D eigenvalue weighted by Crippen LogP contribution is -2.16. The second-order valence-electron chi connectivity index (χ2n) is 6.81. The van der Waals surface area contributed by atoms with E-state index < -0.39 is 6.10 Å². The highest BCUT2D eigenvalue weighted by atomic mass is 35.5. The summed E-state index contributed by atoms with van der Waals surface area (Å²) in [6, 6.07) is 4.32. The molecule has 2 N–H and O–H groups in total. The van der Waals surface area contributed by atoms with Crippen LogP contribution in [0.5, 0.6) is 11.5 Å². The van der Waals surface area contributed by atoms with Crippen LogP contribution in [0.25, 0.3) is 0 Å². The molecule has 0 saturated heterocycles. The highest BCUT2D eigenvalue weighted by Gasteiger charge is 2.23. The van der Waals surface area contributed by atoms with Crippen molar-refractivity contribution in [1.82, 2.24) is 0 Å². The Morgan fingerprint density at radius 3 is 2.20 bits per heavy atom. The smallest absolute Gasteiger partial charge is 0.303 e. The fourth-order valence-corrected chi connectivity index (χ4v) is 3.34. The van der Waals surface area contributed by atoms with Gasteiger partial charge in [0, 0.05) is 23.9 Å². The quantitative estimate of drug-likeness (QED) is 0.298. The van der Waals surface area contributed by atoms with Gasteiger partial charge in [0.1, 0.15) is 17.6 Å². The van der Waals surface area contributed by atoms with Gasteiger partial charge in [0.05, 0.1) is 0 Å².